The highest BCUT2D eigenvalue weighted by Gasteiger charge is 2.19. The number of hydrogen-bond acceptors (Lipinski definition) is 3. The Kier molecular flexibility index (Phi) is 5.09. The average molecular weight is 276 g/mol. The first kappa shape index (κ1) is 14.5. The maximum Gasteiger partial charge on any atom is 0.337 e. The van der Waals surface area contributed by atoms with Crippen molar-refractivity contribution in [2.45, 2.75) is 44.9 Å². The van der Waals surface area contributed by atoms with E-state index in [0.29, 0.717) is 5.69 Å². The minimum Gasteiger partial charge on any atom is -0.478 e. The van der Waals surface area contributed by atoms with Gasteiger partial charge >= 0.3 is 5.97 Å². The van der Waals surface area contributed by atoms with Gasteiger partial charge in [-0.3, -0.25) is 9.78 Å². The van der Waals surface area contributed by atoms with Gasteiger partial charge in [-0.1, -0.05) is 32.1 Å². The third-order valence-electron chi connectivity index (χ3n) is 3.73. The molecule has 1 aromatic heterocycles. The highest BCUT2D eigenvalue weighted by atomic mass is 16.4. The fourth-order valence-electron chi connectivity index (χ4n) is 2.59. The number of pyridine rings is 1. The number of carbonyl (C=O) groups is 2. The molecule has 0 unspecified atom stereocenters. The van der Waals surface area contributed by atoms with Crippen molar-refractivity contribution in [2.24, 2.45) is 5.92 Å². The lowest BCUT2D eigenvalue weighted by atomic mass is 9.90. The molecule has 1 heterocycles. The van der Waals surface area contributed by atoms with Crippen LogP contribution in [0.15, 0.2) is 18.5 Å². The second kappa shape index (κ2) is 7.03. The highest BCUT2D eigenvalue weighted by molar-refractivity contribution is 5.94. The molecule has 0 atom stereocenters. The summed E-state index contributed by atoms with van der Waals surface area (Å²) in [6, 6.07) is 1.44. The summed E-state index contributed by atoms with van der Waals surface area (Å²) in [5.74, 6) is -1.03. The Labute approximate surface area is 118 Å². The highest BCUT2D eigenvalue weighted by Crippen LogP contribution is 2.23. The van der Waals surface area contributed by atoms with Crippen LogP contribution in [0, 0.1) is 5.92 Å². The van der Waals surface area contributed by atoms with E-state index in [0.717, 1.165) is 25.7 Å². The second-order valence-electron chi connectivity index (χ2n) is 5.30. The lowest BCUT2D eigenvalue weighted by Gasteiger charge is -2.19. The Morgan fingerprint density at radius 3 is 2.40 bits per heavy atom. The van der Waals surface area contributed by atoms with Crippen molar-refractivity contribution in [3.05, 3.63) is 24.0 Å². The van der Waals surface area contributed by atoms with Gasteiger partial charge in [-0.2, -0.15) is 0 Å². The van der Waals surface area contributed by atoms with Crippen LogP contribution in [0.4, 0.5) is 5.69 Å². The predicted octanol–water partition coefficient (Wildman–Crippen LogP) is 3.08. The van der Waals surface area contributed by atoms with Crippen molar-refractivity contribution in [3.8, 4) is 0 Å². The molecule has 1 aliphatic rings. The maximum absolute atomic E-state index is 12.2. The number of carboxylic acid groups (broad SMARTS) is 1. The van der Waals surface area contributed by atoms with Crippen molar-refractivity contribution in [1.29, 1.82) is 0 Å². The number of anilines is 1. The molecule has 1 amide bonds. The van der Waals surface area contributed by atoms with Gasteiger partial charge in [-0.15, -0.1) is 0 Å². The van der Waals surface area contributed by atoms with Crippen LogP contribution < -0.4 is 5.32 Å². The zero-order chi connectivity index (χ0) is 14.4. The molecule has 0 aliphatic heterocycles. The summed E-state index contributed by atoms with van der Waals surface area (Å²) < 4.78 is 0. The molecular weight excluding hydrogens is 256 g/mol. The molecule has 0 aromatic carbocycles. The van der Waals surface area contributed by atoms with Crippen molar-refractivity contribution >= 4 is 17.6 Å². The molecule has 0 radical (unpaired) electrons. The summed E-state index contributed by atoms with van der Waals surface area (Å²) in [7, 11) is 0. The van der Waals surface area contributed by atoms with Crippen LogP contribution in [0.2, 0.25) is 0 Å². The molecule has 108 valence electrons. The third-order valence-corrected chi connectivity index (χ3v) is 3.73. The van der Waals surface area contributed by atoms with Gasteiger partial charge in [0, 0.05) is 12.1 Å². The van der Waals surface area contributed by atoms with E-state index in [1.165, 1.54) is 37.7 Å². The van der Waals surface area contributed by atoms with Crippen LogP contribution in [0.5, 0.6) is 0 Å². The van der Waals surface area contributed by atoms with Crippen LogP contribution >= 0.6 is 0 Å². The smallest absolute Gasteiger partial charge is 0.337 e. The molecule has 5 nitrogen and oxygen atoms in total. The van der Waals surface area contributed by atoms with Crippen LogP contribution in [0.25, 0.3) is 0 Å². The van der Waals surface area contributed by atoms with Gasteiger partial charge < -0.3 is 10.4 Å². The van der Waals surface area contributed by atoms with Gasteiger partial charge in [0.25, 0.3) is 0 Å². The number of nitrogens with one attached hydrogen (secondary N) is 1. The number of carbonyl (C=O) groups excluding carboxylic acids is 1. The van der Waals surface area contributed by atoms with Crippen LogP contribution in [0.1, 0.15) is 55.3 Å². The van der Waals surface area contributed by atoms with Crippen LogP contribution in [-0.4, -0.2) is 22.0 Å². The number of amides is 1. The zero-order valence-corrected chi connectivity index (χ0v) is 11.5. The minimum absolute atomic E-state index is 0.0174. The Balaban J connectivity index is 1.99. The van der Waals surface area contributed by atoms with Gasteiger partial charge in [0.05, 0.1) is 17.4 Å². The first-order valence-electron chi connectivity index (χ1n) is 7.16. The predicted molar refractivity (Wildman–Crippen MR) is 75.6 cm³/mol. The summed E-state index contributed by atoms with van der Waals surface area (Å²) in [6.07, 6.45) is 10.4. The van der Waals surface area contributed by atoms with Crippen molar-refractivity contribution < 1.29 is 14.7 Å². The summed E-state index contributed by atoms with van der Waals surface area (Å²) >= 11 is 0. The molecule has 0 saturated heterocycles. The molecule has 1 aromatic rings. The zero-order valence-electron chi connectivity index (χ0n) is 11.5. The number of aromatic carboxylic acids is 1. The molecule has 1 fully saturated rings. The van der Waals surface area contributed by atoms with Gasteiger partial charge in [0.15, 0.2) is 0 Å². The molecule has 20 heavy (non-hydrogen) atoms. The molecule has 0 bridgehead atoms. The van der Waals surface area contributed by atoms with Crippen molar-refractivity contribution in [3.63, 3.8) is 0 Å². The van der Waals surface area contributed by atoms with Gasteiger partial charge in [0.1, 0.15) is 0 Å². The lowest BCUT2D eigenvalue weighted by molar-refractivity contribution is -0.120. The minimum atomic E-state index is -1.04. The average Bonchev–Trinajstić information content (AvgIpc) is 2.38. The van der Waals surface area contributed by atoms with E-state index in [-0.39, 0.29) is 17.4 Å². The SMILES string of the molecule is O=C(O)c1cncc(NC(=O)C2CCCCCCC2)c1. The number of aromatic nitrogens is 1. The Hall–Kier alpha value is -1.91. The molecular formula is C15H20N2O3. The maximum atomic E-state index is 12.2. The standard InChI is InChI=1S/C15H20N2O3/c18-14(11-6-4-2-1-3-5-7-11)17-13-8-12(15(19)20)9-16-10-13/h8-11H,1-7H2,(H,17,18)(H,19,20). The monoisotopic (exact) mass is 276 g/mol. The quantitative estimate of drug-likeness (QED) is 0.889. The fraction of sp³-hybridized carbons (Fsp3) is 0.533. The van der Waals surface area contributed by atoms with E-state index in [1.807, 2.05) is 0 Å². The number of nitrogens with zero attached hydrogens (tertiary/aromatic N) is 1. The van der Waals surface area contributed by atoms with E-state index in [2.05, 4.69) is 10.3 Å². The van der Waals surface area contributed by atoms with Gasteiger partial charge in [-0.25, -0.2) is 4.79 Å². The number of hydrogen-bond donors (Lipinski definition) is 2. The molecule has 5 heteroatoms. The molecule has 2 rings (SSSR count). The van der Waals surface area contributed by atoms with Gasteiger partial charge in [-0.05, 0) is 18.9 Å². The third kappa shape index (κ3) is 4.05. The van der Waals surface area contributed by atoms with E-state index < -0.39 is 5.97 Å². The van der Waals surface area contributed by atoms with Crippen molar-refractivity contribution in [1.82, 2.24) is 4.98 Å². The largest absolute Gasteiger partial charge is 0.478 e. The Morgan fingerprint density at radius 1 is 1.10 bits per heavy atom. The second-order valence-corrected chi connectivity index (χ2v) is 5.30. The van der Waals surface area contributed by atoms with Crippen LogP contribution in [0.3, 0.4) is 0 Å². The summed E-state index contributed by atoms with van der Waals surface area (Å²) in [6.45, 7) is 0. The first-order chi connectivity index (χ1) is 9.66. The van der Waals surface area contributed by atoms with Crippen LogP contribution in [-0.2, 0) is 4.79 Å². The summed E-state index contributed by atoms with van der Waals surface area (Å²) in [4.78, 5) is 26.9. The number of rotatable bonds is 3. The van der Waals surface area contributed by atoms with Gasteiger partial charge in [0.2, 0.25) is 5.91 Å². The number of carboxylic acids is 1. The molecule has 2 N–H and O–H groups in total. The topological polar surface area (TPSA) is 79.3 Å². The normalized spacial score (nSPS) is 17.0. The van der Waals surface area contributed by atoms with E-state index >= 15 is 0 Å². The summed E-state index contributed by atoms with van der Waals surface area (Å²) in [5, 5.41) is 11.7. The fourth-order valence-corrected chi connectivity index (χ4v) is 2.59. The Bertz CT molecular complexity index is 480. The molecule has 1 saturated carbocycles. The van der Waals surface area contributed by atoms with E-state index in [1.54, 1.807) is 0 Å². The summed E-state index contributed by atoms with van der Waals surface area (Å²) in [5.41, 5.74) is 0.539. The first-order valence-corrected chi connectivity index (χ1v) is 7.16. The van der Waals surface area contributed by atoms with E-state index in [4.69, 9.17) is 5.11 Å². The Morgan fingerprint density at radius 2 is 1.75 bits per heavy atom. The lowest BCUT2D eigenvalue weighted by Crippen LogP contribution is -2.23. The molecule has 0 spiro atoms. The van der Waals surface area contributed by atoms with Crippen molar-refractivity contribution in [2.75, 3.05) is 5.32 Å². The van der Waals surface area contributed by atoms with E-state index in [9.17, 15) is 9.59 Å². The molecule has 1 aliphatic carbocycles.